The normalized spacial score (nSPS) is 18.5. The molecule has 0 amide bonds. The highest BCUT2D eigenvalue weighted by Gasteiger charge is 2.27. The van der Waals surface area contributed by atoms with Crippen LogP contribution in [-0.2, 0) is 10.0 Å². The summed E-state index contributed by atoms with van der Waals surface area (Å²) in [6, 6.07) is 0. The molecule has 1 saturated heterocycles. The standard InChI is InChI=1S/C13H28N2O2S.ClH/c1-4-14-11-13-5-8-15(9-6-13)18(16,17)10-7-12(2)3;/h12-14H,4-11H2,1-3H3;1H. The van der Waals surface area contributed by atoms with Crippen molar-refractivity contribution >= 4 is 22.4 Å². The van der Waals surface area contributed by atoms with Gasteiger partial charge in [0, 0.05) is 13.1 Å². The van der Waals surface area contributed by atoms with Gasteiger partial charge in [0.25, 0.3) is 0 Å². The Balaban J connectivity index is 0.00000324. The molecule has 1 N–H and O–H groups in total. The lowest BCUT2D eigenvalue weighted by Gasteiger charge is -2.31. The van der Waals surface area contributed by atoms with Crippen molar-refractivity contribution in [1.82, 2.24) is 9.62 Å². The van der Waals surface area contributed by atoms with Gasteiger partial charge in [-0.15, -0.1) is 12.4 Å². The van der Waals surface area contributed by atoms with Crippen molar-refractivity contribution in [3.8, 4) is 0 Å². The van der Waals surface area contributed by atoms with Gasteiger partial charge in [-0.3, -0.25) is 0 Å². The molecule has 19 heavy (non-hydrogen) atoms. The zero-order valence-corrected chi connectivity index (χ0v) is 14.0. The lowest BCUT2D eigenvalue weighted by molar-refractivity contribution is 0.268. The fourth-order valence-electron chi connectivity index (χ4n) is 2.25. The van der Waals surface area contributed by atoms with Gasteiger partial charge in [-0.05, 0) is 44.2 Å². The molecule has 0 aromatic heterocycles. The van der Waals surface area contributed by atoms with Crippen molar-refractivity contribution in [2.75, 3.05) is 31.9 Å². The second-order valence-electron chi connectivity index (χ2n) is 5.65. The van der Waals surface area contributed by atoms with Crippen LogP contribution in [-0.4, -0.2) is 44.7 Å². The van der Waals surface area contributed by atoms with Crippen LogP contribution in [0.1, 0.15) is 40.0 Å². The summed E-state index contributed by atoms with van der Waals surface area (Å²) in [6.07, 6.45) is 2.75. The molecule has 0 bridgehead atoms. The highest BCUT2D eigenvalue weighted by atomic mass is 35.5. The molecule has 0 spiro atoms. The summed E-state index contributed by atoms with van der Waals surface area (Å²) in [5.74, 6) is 1.40. The van der Waals surface area contributed by atoms with Crippen molar-refractivity contribution in [3.63, 3.8) is 0 Å². The number of hydrogen-bond donors (Lipinski definition) is 1. The predicted molar refractivity (Wildman–Crippen MR) is 83.3 cm³/mol. The zero-order valence-electron chi connectivity index (χ0n) is 12.4. The first kappa shape index (κ1) is 19.2. The molecule has 0 aromatic carbocycles. The van der Waals surface area contributed by atoms with E-state index in [4.69, 9.17) is 0 Å². The molecule has 1 rings (SSSR count). The summed E-state index contributed by atoms with van der Waals surface area (Å²) in [6.45, 7) is 9.66. The van der Waals surface area contributed by atoms with Gasteiger partial charge in [0.2, 0.25) is 10.0 Å². The molecular weight excluding hydrogens is 284 g/mol. The maximum Gasteiger partial charge on any atom is 0.214 e. The molecule has 0 aromatic rings. The molecule has 0 saturated carbocycles. The van der Waals surface area contributed by atoms with Crippen molar-refractivity contribution in [2.24, 2.45) is 11.8 Å². The molecule has 0 aliphatic carbocycles. The molecule has 1 fully saturated rings. The Hall–Kier alpha value is 0.160. The molecule has 116 valence electrons. The monoisotopic (exact) mass is 312 g/mol. The summed E-state index contributed by atoms with van der Waals surface area (Å²) >= 11 is 0. The van der Waals surface area contributed by atoms with E-state index in [2.05, 4.69) is 26.1 Å². The Morgan fingerprint density at radius 2 is 1.84 bits per heavy atom. The fourth-order valence-corrected chi connectivity index (χ4v) is 4.05. The number of rotatable bonds is 7. The van der Waals surface area contributed by atoms with Gasteiger partial charge in [-0.1, -0.05) is 20.8 Å². The van der Waals surface area contributed by atoms with E-state index in [1.54, 1.807) is 4.31 Å². The van der Waals surface area contributed by atoms with E-state index in [0.29, 0.717) is 30.7 Å². The van der Waals surface area contributed by atoms with Crippen LogP contribution >= 0.6 is 12.4 Å². The van der Waals surface area contributed by atoms with Crippen LogP contribution in [0, 0.1) is 11.8 Å². The van der Waals surface area contributed by atoms with Crippen LogP contribution in [0.15, 0.2) is 0 Å². The third-order valence-electron chi connectivity index (χ3n) is 3.60. The topological polar surface area (TPSA) is 49.4 Å². The second-order valence-corrected chi connectivity index (χ2v) is 7.74. The fraction of sp³-hybridized carbons (Fsp3) is 1.00. The minimum absolute atomic E-state index is 0. The maximum absolute atomic E-state index is 12.1. The molecule has 1 aliphatic rings. The van der Waals surface area contributed by atoms with Crippen LogP contribution in [0.25, 0.3) is 0 Å². The minimum atomic E-state index is -3.01. The first-order chi connectivity index (χ1) is 8.45. The van der Waals surface area contributed by atoms with Gasteiger partial charge < -0.3 is 5.32 Å². The Labute approximate surface area is 124 Å². The van der Waals surface area contributed by atoms with E-state index in [1.807, 2.05) is 0 Å². The summed E-state index contributed by atoms with van der Waals surface area (Å²) < 4.78 is 25.9. The highest BCUT2D eigenvalue weighted by molar-refractivity contribution is 7.89. The number of nitrogens with one attached hydrogen (secondary N) is 1. The summed E-state index contributed by atoms with van der Waals surface area (Å²) in [4.78, 5) is 0. The van der Waals surface area contributed by atoms with E-state index >= 15 is 0 Å². The molecule has 4 nitrogen and oxygen atoms in total. The van der Waals surface area contributed by atoms with Gasteiger partial charge in [-0.2, -0.15) is 0 Å². The van der Waals surface area contributed by atoms with Gasteiger partial charge in [0.05, 0.1) is 5.75 Å². The average Bonchev–Trinajstić information content (AvgIpc) is 2.34. The quantitative estimate of drug-likeness (QED) is 0.783. The van der Waals surface area contributed by atoms with Crippen LogP contribution in [0.5, 0.6) is 0 Å². The average molecular weight is 313 g/mol. The number of piperidine rings is 1. The van der Waals surface area contributed by atoms with Gasteiger partial charge in [-0.25, -0.2) is 12.7 Å². The largest absolute Gasteiger partial charge is 0.317 e. The van der Waals surface area contributed by atoms with E-state index in [1.165, 1.54) is 0 Å². The SMILES string of the molecule is CCNCC1CCN(S(=O)(=O)CCC(C)C)CC1.Cl. The third kappa shape index (κ3) is 6.93. The molecule has 0 unspecified atom stereocenters. The molecule has 0 radical (unpaired) electrons. The van der Waals surface area contributed by atoms with Crippen molar-refractivity contribution in [2.45, 2.75) is 40.0 Å². The Morgan fingerprint density at radius 1 is 1.26 bits per heavy atom. The summed E-state index contributed by atoms with van der Waals surface area (Å²) in [5, 5.41) is 3.34. The molecule has 1 heterocycles. The molecule has 1 aliphatic heterocycles. The van der Waals surface area contributed by atoms with E-state index in [-0.39, 0.29) is 12.4 Å². The lowest BCUT2D eigenvalue weighted by Crippen LogP contribution is -2.41. The van der Waals surface area contributed by atoms with Gasteiger partial charge in [0.15, 0.2) is 0 Å². The number of nitrogens with zero attached hydrogens (tertiary/aromatic N) is 1. The Kier molecular flexibility index (Phi) is 9.24. The Bertz CT molecular complexity index is 326. The van der Waals surface area contributed by atoms with Gasteiger partial charge >= 0.3 is 0 Å². The highest BCUT2D eigenvalue weighted by Crippen LogP contribution is 2.20. The smallest absolute Gasteiger partial charge is 0.214 e. The van der Waals surface area contributed by atoms with E-state index in [0.717, 1.165) is 32.4 Å². The zero-order chi connectivity index (χ0) is 13.6. The van der Waals surface area contributed by atoms with Crippen molar-refractivity contribution < 1.29 is 8.42 Å². The number of sulfonamides is 1. The van der Waals surface area contributed by atoms with Crippen LogP contribution in [0.2, 0.25) is 0 Å². The van der Waals surface area contributed by atoms with Gasteiger partial charge in [0.1, 0.15) is 0 Å². The van der Waals surface area contributed by atoms with E-state index in [9.17, 15) is 8.42 Å². The molecule has 6 heteroatoms. The predicted octanol–water partition coefficient (Wildman–Crippen LogP) is 2.11. The first-order valence-corrected chi connectivity index (χ1v) is 8.75. The molecular formula is C13H29ClN2O2S. The van der Waals surface area contributed by atoms with E-state index < -0.39 is 10.0 Å². The lowest BCUT2D eigenvalue weighted by atomic mass is 9.98. The Morgan fingerprint density at radius 3 is 2.32 bits per heavy atom. The number of hydrogen-bond acceptors (Lipinski definition) is 3. The third-order valence-corrected chi connectivity index (χ3v) is 5.51. The first-order valence-electron chi connectivity index (χ1n) is 7.14. The summed E-state index contributed by atoms with van der Waals surface area (Å²) in [5.41, 5.74) is 0. The second kappa shape index (κ2) is 9.16. The van der Waals surface area contributed by atoms with Crippen molar-refractivity contribution in [3.05, 3.63) is 0 Å². The van der Waals surface area contributed by atoms with Crippen molar-refractivity contribution in [1.29, 1.82) is 0 Å². The van der Waals surface area contributed by atoms with Crippen LogP contribution in [0.4, 0.5) is 0 Å². The summed E-state index contributed by atoms with van der Waals surface area (Å²) in [7, 11) is -3.01. The number of halogens is 1. The van der Waals surface area contributed by atoms with Crippen LogP contribution < -0.4 is 5.32 Å². The van der Waals surface area contributed by atoms with Crippen LogP contribution in [0.3, 0.4) is 0 Å². The minimum Gasteiger partial charge on any atom is -0.317 e. The maximum atomic E-state index is 12.1. The molecule has 0 atom stereocenters.